The molecule has 1 heterocycles. The van der Waals surface area contributed by atoms with Crippen molar-refractivity contribution < 1.29 is 19.5 Å². The van der Waals surface area contributed by atoms with Crippen molar-refractivity contribution in [2.45, 2.75) is 38.6 Å². The standard InChI is InChI=1S/C15H22N2O4/c1-9-6-7-10(13(16)18)8-17(9)14(19)11-4-2-3-5-12(11)15(20)21/h2-3,9-12H,4-8H2,1H3,(H2,16,18)(H,20,21)/t9?,10?,11-,12+/m1/s1. The predicted octanol–water partition coefficient (Wildman–Crippen LogP) is 0.766. The third-order valence-electron chi connectivity index (χ3n) is 4.63. The van der Waals surface area contributed by atoms with Crippen molar-refractivity contribution in [1.29, 1.82) is 0 Å². The molecule has 2 aliphatic rings. The summed E-state index contributed by atoms with van der Waals surface area (Å²) in [5, 5.41) is 9.28. The summed E-state index contributed by atoms with van der Waals surface area (Å²) in [4.78, 5) is 37.1. The molecule has 0 bridgehead atoms. The first-order valence-electron chi connectivity index (χ1n) is 7.39. The number of carbonyl (C=O) groups excluding carboxylic acids is 2. The fraction of sp³-hybridized carbons (Fsp3) is 0.667. The molecule has 1 aliphatic carbocycles. The molecule has 0 aromatic rings. The number of allylic oxidation sites excluding steroid dienone is 2. The lowest BCUT2D eigenvalue weighted by Crippen LogP contribution is -2.52. The van der Waals surface area contributed by atoms with Crippen LogP contribution in [-0.2, 0) is 14.4 Å². The van der Waals surface area contributed by atoms with Crippen molar-refractivity contribution in [2.75, 3.05) is 6.54 Å². The summed E-state index contributed by atoms with van der Waals surface area (Å²) in [5.74, 6) is -3.03. The fourth-order valence-corrected chi connectivity index (χ4v) is 3.22. The Balaban J connectivity index is 2.14. The zero-order chi connectivity index (χ0) is 15.6. The van der Waals surface area contributed by atoms with E-state index in [1.165, 1.54) is 0 Å². The molecule has 2 rings (SSSR count). The number of primary amides is 1. The molecule has 0 aromatic heterocycles. The van der Waals surface area contributed by atoms with Crippen molar-refractivity contribution in [1.82, 2.24) is 4.90 Å². The van der Waals surface area contributed by atoms with Crippen LogP contribution in [0.2, 0.25) is 0 Å². The Morgan fingerprint density at radius 1 is 1.14 bits per heavy atom. The third-order valence-corrected chi connectivity index (χ3v) is 4.63. The number of nitrogens with two attached hydrogens (primary N) is 1. The van der Waals surface area contributed by atoms with E-state index in [2.05, 4.69) is 0 Å². The van der Waals surface area contributed by atoms with Crippen LogP contribution in [0.4, 0.5) is 0 Å². The Morgan fingerprint density at radius 3 is 2.33 bits per heavy atom. The van der Waals surface area contributed by atoms with Gasteiger partial charge in [0.25, 0.3) is 0 Å². The topological polar surface area (TPSA) is 101 Å². The van der Waals surface area contributed by atoms with Crippen LogP contribution >= 0.6 is 0 Å². The van der Waals surface area contributed by atoms with Crippen molar-refractivity contribution in [2.24, 2.45) is 23.5 Å². The number of aliphatic carboxylic acids is 1. The average Bonchev–Trinajstić information content (AvgIpc) is 2.46. The van der Waals surface area contributed by atoms with E-state index in [4.69, 9.17) is 5.73 Å². The van der Waals surface area contributed by atoms with Gasteiger partial charge in [0.05, 0.1) is 17.8 Å². The number of carboxylic acids is 1. The van der Waals surface area contributed by atoms with Gasteiger partial charge in [-0.1, -0.05) is 12.2 Å². The molecule has 1 fully saturated rings. The van der Waals surface area contributed by atoms with Gasteiger partial charge in [0.1, 0.15) is 0 Å². The molecule has 0 aromatic carbocycles. The number of rotatable bonds is 3. The summed E-state index contributed by atoms with van der Waals surface area (Å²) in [7, 11) is 0. The van der Waals surface area contributed by atoms with Crippen LogP contribution in [0.15, 0.2) is 12.2 Å². The van der Waals surface area contributed by atoms with Crippen LogP contribution in [0.3, 0.4) is 0 Å². The van der Waals surface area contributed by atoms with E-state index in [0.29, 0.717) is 25.8 Å². The fourth-order valence-electron chi connectivity index (χ4n) is 3.22. The second kappa shape index (κ2) is 6.28. The van der Waals surface area contributed by atoms with E-state index < -0.39 is 23.7 Å². The zero-order valence-electron chi connectivity index (χ0n) is 12.2. The molecule has 6 nitrogen and oxygen atoms in total. The average molecular weight is 294 g/mol. The van der Waals surface area contributed by atoms with Gasteiger partial charge in [-0.15, -0.1) is 0 Å². The summed E-state index contributed by atoms with van der Waals surface area (Å²) < 4.78 is 0. The number of hydrogen-bond donors (Lipinski definition) is 2. The number of nitrogens with zero attached hydrogens (tertiary/aromatic N) is 1. The molecule has 2 amide bonds. The van der Waals surface area contributed by atoms with Crippen LogP contribution in [0.1, 0.15) is 32.6 Å². The van der Waals surface area contributed by atoms with E-state index in [9.17, 15) is 19.5 Å². The molecule has 0 saturated carbocycles. The van der Waals surface area contributed by atoms with E-state index in [1.54, 1.807) is 4.90 Å². The maximum atomic E-state index is 12.7. The first kappa shape index (κ1) is 15.5. The van der Waals surface area contributed by atoms with Crippen LogP contribution < -0.4 is 5.73 Å². The van der Waals surface area contributed by atoms with E-state index in [1.807, 2.05) is 19.1 Å². The highest BCUT2D eigenvalue weighted by atomic mass is 16.4. The Morgan fingerprint density at radius 2 is 1.76 bits per heavy atom. The van der Waals surface area contributed by atoms with E-state index in [0.717, 1.165) is 6.42 Å². The molecule has 116 valence electrons. The highest BCUT2D eigenvalue weighted by molar-refractivity contribution is 5.86. The van der Waals surface area contributed by atoms with Gasteiger partial charge < -0.3 is 15.7 Å². The lowest BCUT2D eigenvalue weighted by atomic mass is 9.81. The molecule has 6 heteroatoms. The summed E-state index contributed by atoms with van der Waals surface area (Å²) >= 11 is 0. The first-order chi connectivity index (χ1) is 9.91. The molecule has 4 atom stereocenters. The van der Waals surface area contributed by atoms with Crippen LogP contribution in [0.25, 0.3) is 0 Å². The Hall–Kier alpha value is -1.85. The van der Waals surface area contributed by atoms with Crippen molar-refractivity contribution in [3.63, 3.8) is 0 Å². The van der Waals surface area contributed by atoms with Crippen molar-refractivity contribution in [3.8, 4) is 0 Å². The first-order valence-corrected chi connectivity index (χ1v) is 7.39. The van der Waals surface area contributed by atoms with E-state index >= 15 is 0 Å². The second-order valence-corrected chi connectivity index (χ2v) is 6.01. The molecule has 1 aliphatic heterocycles. The summed E-state index contributed by atoms with van der Waals surface area (Å²) in [6, 6.07) is 0.0217. The minimum absolute atomic E-state index is 0.0217. The number of carboxylic acid groups (broad SMARTS) is 1. The van der Waals surface area contributed by atoms with Crippen LogP contribution in [0, 0.1) is 17.8 Å². The molecular weight excluding hydrogens is 272 g/mol. The molecule has 21 heavy (non-hydrogen) atoms. The van der Waals surface area contributed by atoms with E-state index in [-0.39, 0.29) is 17.9 Å². The molecule has 2 unspecified atom stereocenters. The zero-order valence-corrected chi connectivity index (χ0v) is 12.2. The smallest absolute Gasteiger partial charge is 0.307 e. The third kappa shape index (κ3) is 3.25. The van der Waals surface area contributed by atoms with Gasteiger partial charge in [-0.25, -0.2) is 0 Å². The quantitative estimate of drug-likeness (QED) is 0.750. The summed E-state index contributed by atoms with van der Waals surface area (Å²) in [6.07, 6.45) is 5.91. The molecule has 0 radical (unpaired) electrons. The van der Waals surface area contributed by atoms with Crippen molar-refractivity contribution >= 4 is 17.8 Å². The Bertz CT molecular complexity index is 474. The van der Waals surface area contributed by atoms with Gasteiger partial charge in [-0.2, -0.15) is 0 Å². The SMILES string of the molecule is CC1CCC(C(N)=O)CN1C(=O)[C@@H]1CC=CC[C@@H]1C(=O)O. The Kier molecular flexibility index (Phi) is 4.65. The minimum atomic E-state index is -0.936. The lowest BCUT2D eigenvalue weighted by Gasteiger charge is -2.40. The van der Waals surface area contributed by atoms with Gasteiger partial charge in [0.15, 0.2) is 0 Å². The number of carbonyl (C=O) groups is 3. The number of hydrogen-bond acceptors (Lipinski definition) is 3. The van der Waals surface area contributed by atoms with Gasteiger partial charge in [-0.3, -0.25) is 14.4 Å². The minimum Gasteiger partial charge on any atom is -0.481 e. The normalized spacial score (nSPS) is 32.7. The maximum absolute atomic E-state index is 12.7. The molecule has 0 spiro atoms. The summed E-state index contributed by atoms with van der Waals surface area (Å²) in [5.41, 5.74) is 5.35. The van der Waals surface area contributed by atoms with Crippen LogP contribution in [0.5, 0.6) is 0 Å². The predicted molar refractivity (Wildman–Crippen MR) is 76.1 cm³/mol. The summed E-state index contributed by atoms with van der Waals surface area (Å²) in [6.45, 7) is 2.24. The number of piperidine rings is 1. The monoisotopic (exact) mass is 294 g/mol. The lowest BCUT2D eigenvalue weighted by molar-refractivity contribution is -0.153. The molecule has 3 N–H and O–H groups in total. The number of amides is 2. The van der Waals surface area contributed by atoms with Crippen molar-refractivity contribution in [3.05, 3.63) is 12.2 Å². The largest absolute Gasteiger partial charge is 0.481 e. The van der Waals surface area contributed by atoms with Gasteiger partial charge in [-0.05, 0) is 32.6 Å². The highest BCUT2D eigenvalue weighted by Crippen LogP contribution is 2.31. The highest BCUT2D eigenvalue weighted by Gasteiger charge is 2.40. The molecule has 1 saturated heterocycles. The molecular formula is C15H22N2O4. The van der Waals surface area contributed by atoms with Gasteiger partial charge in [0.2, 0.25) is 11.8 Å². The van der Waals surface area contributed by atoms with Gasteiger partial charge in [0, 0.05) is 12.6 Å². The maximum Gasteiger partial charge on any atom is 0.307 e. The van der Waals surface area contributed by atoms with Gasteiger partial charge >= 0.3 is 5.97 Å². The van der Waals surface area contributed by atoms with Crippen LogP contribution in [-0.4, -0.2) is 40.4 Å². The number of likely N-dealkylation sites (tertiary alicyclic amines) is 1. The second-order valence-electron chi connectivity index (χ2n) is 6.01. The Labute approximate surface area is 124 Å².